The second-order valence-corrected chi connectivity index (χ2v) is 2.98. The van der Waals surface area contributed by atoms with Crippen molar-refractivity contribution >= 4 is 5.78 Å². The van der Waals surface area contributed by atoms with Gasteiger partial charge in [-0.15, -0.1) is 5.10 Å². The smallest absolute Gasteiger partial charge is 0.280 e. The second kappa shape index (κ2) is 3.41. The summed E-state index contributed by atoms with van der Waals surface area (Å²) in [5.41, 5.74) is -1.05. The molecular weight excluding hydrogens is 206 g/mol. The van der Waals surface area contributed by atoms with Crippen LogP contribution in [0.3, 0.4) is 0 Å². The number of hydrogen-bond donors (Lipinski definition) is 1. The number of hydrogen-bond acceptors (Lipinski definition) is 3. The fraction of sp³-hybridized carbons (Fsp3) is 0.375. The standard InChI is InChI=1S/C8H8F2N4O/c1-2-5-11-8-12-6(15)3-4(7(9)10)14(8)13-5/h3,7H,2H2,1H3,(H,11,12,13,15). The van der Waals surface area contributed by atoms with E-state index in [1.807, 2.05) is 0 Å². The van der Waals surface area contributed by atoms with Gasteiger partial charge in [0.2, 0.25) is 5.78 Å². The van der Waals surface area contributed by atoms with Crippen LogP contribution in [0, 0.1) is 0 Å². The van der Waals surface area contributed by atoms with Gasteiger partial charge in [0.15, 0.2) is 5.82 Å². The lowest BCUT2D eigenvalue weighted by atomic mass is 10.4. The average molecular weight is 214 g/mol. The lowest BCUT2D eigenvalue weighted by Crippen LogP contribution is -2.12. The van der Waals surface area contributed by atoms with Crippen LogP contribution in [0.4, 0.5) is 8.78 Å². The van der Waals surface area contributed by atoms with E-state index in [2.05, 4.69) is 15.1 Å². The number of rotatable bonds is 2. The molecule has 2 rings (SSSR count). The van der Waals surface area contributed by atoms with E-state index in [0.717, 1.165) is 10.6 Å². The Morgan fingerprint density at radius 2 is 2.33 bits per heavy atom. The molecule has 2 heterocycles. The number of H-pyrrole nitrogens is 1. The van der Waals surface area contributed by atoms with Gasteiger partial charge in [0.25, 0.3) is 12.0 Å². The first kappa shape index (κ1) is 9.75. The van der Waals surface area contributed by atoms with Crippen LogP contribution in [0.2, 0.25) is 0 Å². The Kier molecular flexibility index (Phi) is 2.22. The third kappa shape index (κ3) is 1.60. The molecule has 2 aromatic rings. The van der Waals surface area contributed by atoms with E-state index in [1.54, 1.807) is 6.92 Å². The zero-order valence-electron chi connectivity index (χ0n) is 7.87. The topological polar surface area (TPSA) is 63.0 Å². The van der Waals surface area contributed by atoms with Crippen molar-refractivity contribution in [1.82, 2.24) is 19.6 Å². The summed E-state index contributed by atoms with van der Waals surface area (Å²) in [5.74, 6) is 0.466. The molecule has 0 spiro atoms. The van der Waals surface area contributed by atoms with Crippen molar-refractivity contribution in [2.45, 2.75) is 19.8 Å². The molecule has 15 heavy (non-hydrogen) atoms. The van der Waals surface area contributed by atoms with Crippen LogP contribution < -0.4 is 5.56 Å². The minimum atomic E-state index is -2.75. The first-order valence-corrected chi connectivity index (χ1v) is 4.39. The molecule has 0 saturated carbocycles. The first-order valence-electron chi connectivity index (χ1n) is 4.39. The van der Waals surface area contributed by atoms with Gasteiger partial charge in [-0.1, -0.05) is 6.92 Å². The minimum absolute atomic E-state index is 0.0506. The Labute approximate surface area is 82.8 Å². The summed E-state index contributed by atoms with van der Waals surface area (Å²) >= 11 is 0. The highest BCUT2D eigenvalue weighted by Gasteiger charge is 2.15. The van der Waals surface area contributed by atoms with Gasteiger partial charge in [0.1, 0.15) is 5.69 Å². The number of alkyl halides is 2. The summed E-state index contributed by atoms with van der Waals surface area (Å²) in [4.78, 5) is 17.3. The maximum atomic E-state index is 12.5. The van der Waals surface area contributed by atoms with Crippen molar-refractivity contribution in [1.29, 1.82) is 0 Å². The first-order chi connectivity index (χ1) is 7.11. The molecular formula is C8H8F2N4O. The van der Waals surface area contributed by atoms with E-state index in [-0.39, 0.29) is 5.78 Å². The van der Waals surface area contributed by atoms with Gasteiger partial charge in [0.05, 0.1) is 0 Å². The van der Waals surface area contributed by atoms with Gasteiger partial charge in [0, 0.05) is 12.5 Å². The molecule has 0 aliphatic carbocycles. The number of nitrogens with one attached hydrogen (secondary N) is 1. The fourth-order valence-electron chi connectivity index (χ4n) is 1.26. The zero-order valence-corrected chi connectivity index (χ0v) is 7.87. The number of aryl methyl sites for hydroxylation is 1. The lowest BCUT2D eigenvalue weighted by molar-refractivity contribution is 0.143. The Balaban J connectivity index is 2.78. The summed E-state index contributed by atoms with van der Waals surface area (Å²) in [6, 6.07) is 0.825. The number of halogens is 2. The number of fused-ring (bicyclic) bond motifs is 1. The number of aromatic amines is 1. The van der Waals surface area contributed by atoms with Gasteiger partial charge in [-0.2, -0.15) is 9.50 Å². The van der Waals surface area contributed by atoms with Gasteiger partial charge in [-0.3, -0.25) is 9.78 Å². The third-order valence-electron chi connectivity index (χ3n) is 1.95. The van der Waals surface area contributed by atoms with E-state index in [4.69, 9.17) is 0 Å². The molecule has 0 bridgehead atoms. The molecule has 0 saturated heterocycles. The molecule has 0 fully saturated rings. The van der Waals surface area contributed by atoms with Gasteiger partial charge in [-0.05, 0) is 0 Å². The van der Waals surface area contributed by atoms with E-state index >= 15 is 0 Å². The Hall–Kier alpha value is -1.79. The molecule has 0 aliphatic heterocycles. The third-order valence-corrected chi connectivity index (χ3v) is 1.95. The normalized spacial score (nSPS) is 11.5. The number of aromatic nitrogens is 4. The lowest BCUT2D eigenvalue weighted by Gasteiger charge is -2.00. The van der Waals surface area contributed by atoms with E-state index in [9.17, 15) is 13.6 Å². The van der Waals surface area contributed by atoms with Crippen molar-refractivity contribution in [2.75, 3.05) is 0 Å². The zero-order chi connectivity index (χ0) is 11.0. The van der Waals surface area contributed by atoms with Crippen molar-refractivity contribution in [3.05, 3.63) is 27.9 Å². The van der Waals surface area contributed by atoms with Crippen molar-refractivity contribution in [3.63, 3.8) is 0 Å². The maximum absolute atomic E-state index is 12.5. The van der Waals surface area contributed by atoms with Crippen molar-refractivity contribution in [2.24, 2.45) is 0 Å². The molecule has 0 amide bonds. The predicted octanol–water partition coefficient (Wildman–Crippen LogP) is 0.918. The quantitative estimate of drug-likeness (QED) is 0.808. The molecule has 80 valence electrons. The van der Waals surface area contributed by atoms with Crippen molar-refractivity contribution < 1.29 is 8.78 Å². The molecule has 2 aromatic heterocycles. The summed E-state index contributed by atoms with van der Waals surface area (Å²) in [6.07, 6.45) is -2.23. The van der Waals surface area contributed by atoms with Crippen LogP contribution in [-0.4, -0.2) is 19.6 Å². The van der Waals surface area contributed by atoms with E-state index < -0.39 is 17.7 Å². The average Bonchev–Trinajstić information content (AvgIpc) is 2.58. The highest BCUT2D eigenvalue weighted by molar-refractivity contribution is 5.28. The van der Waals surface area contributed by atoms with Crippen LogP contribution in [0.15, 0.2) is 10.9 Å². The number of nitrogens with zero attached hydrogens (tertiary/aromatic N) is 3. The molecule has 0 unspecified atom stereocenters. The molecule has 5 nitrogen and oxygen atoms in total. The van der Waals surface area contributed by atoms with E-state index in [0.29, 0.717) is 12.2 Å². The second-order valence-electron chi connectivity index (χ2n) is 2.98. The summed E-state index contributed by atoms with van der Waals surface area (Å²) in [6.45, 7) is 1.80. The maximum Gasteiger partial charge on any atom is 0.280 e. The Morgan fingerprint density at radius 3 is 2.93 bits per heavy atom. The molecule has 0 radical (unpaired) electrons. The van der Waals surface area contributed by atoms with Gasteiger partial charge < -0.3 is 0 Å². The Morgan fingerprint density at radius 1 is 1.60 bits per heavy atom. The minimum Gasteiger partial charge on any atom is -0.291 e. The van der Waals surface area contributed by atoms with Gasteiger partial charge >= 0.3 is 0 Å². The highest BCUT2D eigenvalue weighted by atomic mass is 19.3. The van der Waals surface area contributed by atoms with Crippen LogP contribution in [-0.2, 0) is 6.42 Å². The predicted molar refractivity (Wildman–Crippen MR) is 47.9 cm³/mol. The van der Waals surface area contributed by atoms with Gasteiger partial charge in [-0.25, -0.2) is 8.78 Å². The van der Waals surface area contributed by atoms with Crippen LogP contribution >= 0.6 is 0 Å². The SMILES string of the molecule is CCc1nc2[nH]c(=O)cc(C(F)F)n2n1. The molecule has 0 aromatic carbocycles. The van der Waals surface area contributed by atoms with Crippen LogP contribution in [0.5, 0.6) is 0 Å². The van der Waals surface area contributed by atoms with Crippen LogP contribution in [0.25, 0.3) is 5.78 Å². The molecule has 0 atom stereocenters. The van der Waals surface area contributed by atoms with Crippen molar-refractivity contribution in [3.8, 4) is 0 Å². The molecule has 0 aliphatic rings. The Bertz CT molecular complexity index is 545. The summed E-state index contributed by atoms with van der Waals surface area (Å²) in [5, 5.41) is 3.85. The van der Waals surface area contributed by atoms with Crippen LogP contribution in [0.1, 0.15) is 24.9 Å². The summed E-state index contributed by atoms with van der Waals surface area (Å²) < 4.78 is 26.1. The summed E-state index contributed by atoms with van der Waals surface area (Å²) in [7, 11) is 0. The monoisotopic (exact) mass is 214 g/mol. The molecule has 7 heteroatoms. The molecule has 1 N–H and O–H groups in total. The fourth-order valence-corrected chi connectivity index (χ4v) is 1.26. The van der Waals surface area contributed by atoms with E-state index in [1.165, 1.54) is 0 Å². The largest absolute Gasteiger partial charge is 0.291 e. The highest BCUT2D eigenvalue weighted by Crippen LogP contribution is 2.16.